The molecule has 0 bridgehead atoms. The van der Waals surface area contributed by atoms with E-state index in [9.17, 15) is 0 Å². The van der Waals surface area contributed by atoms with Crippen molar-refractivity contribution >= 4 is 15.9 Å². The molecule has 0 aromatic carbocycles. The van der Waals surface area contributed by atoms with Gasteiger partial charge in [0.25, 0.3) is 0 Å². The Hall–Kier alpha value is -1.08. The monoisotopic (exact) mass is 330 g/mol. The van der Waals surface area contributed by atoms with Gasteiger partial charge in [0.15, 0.2) is 0 Å². The number of unbranched alkanes of at least 4 members (excludes halogenated alkanes) is 3. The molecule has 0 aliphatic heterocycles. The van der Waals surface area contributed by atoms with Crippen LogP contribution in [0.3, 0.4) is 0 Å². The lowest BCUT2D eigenvalue weighted by atomic mass is 9.94. The molecule has 0 aromatic heterocycles. The van der Waals surface area contributed by atoms with Gasteiger partial charge in [-0.05, 0) is 48.5 Å². The lowest BCUT2D eigenvalue weighted by molar-refractivity contribution is 0.672. The van der Waals surface area contributed by atoms with Gasteiger partial charge in [0.1, 0.15) is 0 Å². The van der Waals surface area contributed by atoms with Gasteiger partial charge in [-0.15, -0.1) is 0 Å². The summed E-state index contributed by atoms with van der Waals surface area (Å²) in [7, 11) is 0. The molecule has 0 heterocycles. The highest BCUT2D eigenvalue weighted by Crippen LogP contribution is 2.29. The van der Waals surface area contributed by atoms with Gasteiger partial charge in [-0.25, -0.2) is 0 Å². The normalized spacial score (nSPS) is 17.5. The van der Waals surface area contributed by atoms with Gasteiger partial charge in [-0.3, -0.25) is 0 Å². The molecule has 1 heteroatoms. The highest BCUT2D eigenvalue weighted by Gasteiger charge is 2.10. The zero-order valence-electron chi connectivity index (χ0n) is 12.2. The predicted octanol–water partition coefficient (Wildman–Crippen LogP) is 6.20. The van der Waals surface area contributed by atoms with Crippen LogP contribution in [0.5, 0.6) is 0 Å². The third-order valence-electron chi connectivity index (χ3n) is 3.78. The summed E-state index contributed by atoms with van der Waals surface area (Å²) >= 11 is 3.50. The quantitative estimate of drug-likeness (QED) is 0.402. The lowest BCUT2D eigenvalue weighted by Crippen LogP contribution is -1.92. The van der Waals surface area contributed by atoms with E-state index in [0.717, 1.165) is 5.33 Å². The first-order chi connectivity index (χ1) is 9.83. The Morgan fingerprint density at radius 1 is 0.750 bits per heavy atom. The molecule has 0 saturated carbocycles. The second kappa shape index (κ2) is 8.26. The molecule has 0 unspecified atom stereocenters. The number of hydrogen-bond donors (Lipinski definition) is 0. The average molecular weight is 331 g/mol. The zero-order valence-corrected chi connectivity index (χ0v) is 13.8. The number of alkyl halides is 1. The molecule has 0 saturated heterocycles. The van der Waals surface area contributed by atoms with Crippen molar-refractivity contribution in [2.75, 3.05) is 5.33 Å². The summed E-state index contributed by atoms with van der Waals surface area (Å²) in [6.07, 6.45) is 24.0. The summed E-state index contributed by atoms with van der Waals surface area (Å²) in [5, 5.41) is 1.13. The molecule has 0 radical (unpaired) electrons. The summed E-state index contributed by atoms with van der Waals surface area (Å²) in [6, 6.07) is 0. The van der Waals surface area contributed by atoms with E-state index in [1.807, 2.05) is 0 Å². The largest absolute Gasteiger partial charge is 0.0928 e. The molecule has 0 fully saturated rings. The first-order valence-corrected chi connectivity index (χ1v) is 8.65. The van der Waals surface area contributed by atoms with Crippen LogP contribution in [-0.4, -0.2) is 5.33 Å². The molecule has 0 atom stereocenters. The Kier molecular flexibility index (Phi) is 6.32. The van der Waals surface area contributed by atoms with Crippen molar-refractivity contribution in [1.82, 2.24) is 0 Å². The SMILES string of the molecule is CC1=C2C=CC=CC(CCCCCCBr)=C2C=CC=C1. The zero-order chi connectivity index (χ0) is 14.2. The molecule has 2 aliphatic rings. The molecule has 0 amide bonds. The van der Waals surface area contributed by atoms with Crippen LogP contribution in [0.15, 0.2) is 70.9 Å². The van der Waals surface area contributed by atoms with Crippen molar-refractivity contribution in [2.45, 2.75) is 39.0 Å². The van der Waals surface area contributed by atoms with Gasteiger partial charge in [-0.1, -0.05) is 77.4 Å². The van der Waals surface area contributed by atoms with Crippen molar-refractivity contribution in [3.05, 3.63) is 70.9 Å². The molecule has 20 heavy (non-hydrogen) atoms. The smallest absolute Gasteiger partial charge is 0.00313 e. The summed E-state index contributed by atoms with van der Waals surface area (Å²) in [5.74, 6) is 0. The lowest BCUT2D eigenvalue weighted by Gasteiger charge is -2.11. The topological polar surface area (TPSA) is 0 Å². The molecule has 0 nitrogen and oxygen atoms in total. The van der Waals surface area contributed by atoms with E-state index in [2.05, 4.69) is 71.5 Å². The van der Waals surface area contributed by atoms with Gasteiger partial charge >= 0.3 is 0 Å². The van der Waals surface area contributed by atoms with Crippen molar-refractivity contribution in [3.63, 3.8) is 0 Å². The molecule has 0 N–H and O–H groups in total. The summed E-state index contributed by atoms with van der Waals surface area (Å²) < 4.78 is 0. The highest BCUT2D eigenvalue weighted by atomic mass is 79.9. The van der Waals surface area contributed by atoms with Crippen molar-refractivity contribution in [1.29, 1.82) is 0 Å². The Labute approximate surface area is 131 Å². The van der Waals surface area contributed by atoms with Gasteiger partial charge in [0, 0.05) is 5.33 Å². The second-order valence-corrected chi connectivity index (χ2v) is 6.12. The van der Waals surface area contributed by atoms with Crippen LogP contribution in [0.2, 0.25) is 0 Å². The van der Waals surface area contributed by atoms with Gasteiger partial charge in [0.05, 0.1) is 0 Å². The van der Waals surface area contributed by atoms with Crippen LogP contribution in [0, 0.1) is 0 Å². The fourth-order valence-electron chi connectivity index (χ4n) is 2.64. The molecule has 106 valence electrons. The number of hydrogen-bond acceptors (Lipinski definition) is 0. The minimum atomic E-state index is 1.13. The van der Waals surface area contributed by atoms with Crippen LogP contribution < -0.4 is 0 Å². The van der Waals surface area contributed by atoms with Crippen LogP contribution in [0.4, 0.5) is 0 Å². The highest BCUT2D eigenvalue weighted by molar-refractivity contribution is 9.09. The van der Waals surface area contributed by atoms with E-state index in [1.54, 1.807) is 0 Å². The maximum atomic E-state index is 3.50. The summed E-state index contributed by atoms with van der Waals surface area (Å²) in [5.41, 5.74) is 5.60. The Balaban J connectivity index is 2.12. The van der Waals surface area contributed by atoms with Gasteiger partial charge < -0.3 is 0 Å². The third-order valence-corrected chi connectivity index (χ3v) is 4.34. The average Bonchev–Trinajstić information content (AvgIpc) is 2.75. The predicted molar refractivity (Wildman–Crippen MR) is 93.2 cm³/mol. The van der Waals surface area contributed by atoms with E-state index >= 15 is 0 Å². The Bertz CT molecular complexity index is 510. The van der Waals surface area contributed by atoms with Crippen molar-refractivity contribution < 1.29 is 0 Å². The van der Waals surface area contributed by atoms with E-state index in [4.69, 9.17) is 0 Å². The summed E-state index contributed by atoms with van der Waals surface area (Å²) in [4.78, 5) is 0. The maximum Gasteiger partial charge on any atom is 0.00313 e. The first-order valence-electron chi connectivity index (χ1n) is 7.53. The Morgan fingerprint density at radius 2 is 1.40 bits per heavy atom. The number of allylic oxidation sites excluding steroid dienone is 12. The fraction of sp³-hybridized carbons (Fsp3) is 0.368. The second-order valence-electron chi connectivity index (χ2n) is 5.33. The maximum absolute atomic E-state index is 3.50. The van der Waals surface area contributed by atoms with E-state index in [0.29, 0.717) is 0 Å². The van der Waals surface area contributed by atoms with Gasteiger partial charge in [0.2, 0.25) is 0 Å². The molecular formula is C19H23Br. The molecule has 0 spiro atoms. The van der Waals surface area contributed by atoms with E-state index in [1.165, 1.54) is 54.4 Å². The third kappa shape index (κ3) is 4.21. The van der Waals surface area contributed by atoms with Crippen LogP contribution >= 0.6 is 15.9 Å². The van der Waals surface area contributed by atoms with Crippen LogP contribution in [-0.2, 0) is 0 Å². The van der Waals surface area contributed by atoms with Crippen molar-refractivity contribution in [3.8, 4) is 0 Å². The van der Waals surface area contributed by atoms with Crippen molar-refractivity contribution in [2.24, 2.45) is 0 Å². The molecule has 2 rings (SSSR count). The van der Waals surface area contributed by atoms with Crippen LogP contribution in [0.1, 0.15) is 39.0 Å². The Morgan fingerprint density at radius 3 is 2.20 bits per heavy atom. The number of rotatable bonds is 6. The molecule has 0 aromatic rings. The van der Waals surface area contributed by atoms with E-state index < -0.39 is 0 Å². The van der Waals surface area contributed by atoms with E-state index in [-0.39, 0.29) is 0 Å². The van der Waals surface area contributed by atoms with Crippen LogP contribution in [0.25, 0.3) is 0 Å². The molecule has 2 aliphatic carbocycles. The first kappa shape index (κ1) is 15.3. The molecular weight excluding hydrogens is 308 g/mol. The van der Waals surface area contributed by atoms with Gasteiger partial charge in [-0.2, -0.15) is 0 Å². The number of fused-ring (bicyclic) bond motifs is 1. The fourth-order valence-corrected chi connectivity index (χ4v) is 3.04. The summed E-state index contributed by atoms with van der Waals surface area (Å²) in [6.45, 7) is 2.20. The number of halogens is 1. The minimum Gasteiger partial charge on any atom is -0.0928 e. The standard InChI is InChI=1S/C19H23Br/c1-16-10-5-7-14-19-17(11-4-2-3-9-15-20)12-6-8-13-18(16)19/h5-8,10,12-14H,2-4,9,11,15H2,1H3. The minimum absolute atomic E-state index is 1.13.